The Bertz CT molecular complexity index is 556. The predicted octanol–water partition coefficient (Wildman–Crippen LogP) is 1.11. The van der Waals surface area contributed by atoms with E-state index >= 15 is 0 Å². The topological polar surface area (TPSA) is 90.4 Å². The SMILES string of the molecule is CCS(=O)(=O)NC1CCC(Oc2cncc(OC)n2)CC1. The largest absolute Gasteiger partial charge is 0.480 e. The van der Waals surface area contributed by atoms with Gasteiger partial charge in [-0.15, -0.1) is 0 Å². The first kappa shape index (κ1) is 16.0. The molecule has 0 aliphatic heterocycles. The van der Waals surface area contributed by atoms with Crippen molar-refractivity contribution in [1.82, 2.24) is 14.7 Å². The Morgan fingerprint density at radius 2 is 1.90 bits per heavy atom. The zero-order valence-corrected chi connectivity index (χ0v) is 13.1. The number of hydrogen-bond acceptors (Lipinski definition) is 6. The molecule has 0 bridgehead atoms. The zero-order valence-electron chi connectivity index (χ0n) is 12.3. The molecule has 0 atom stereocenters. The van der Waals surface area contributed by atoms with Crippen molar-refractivity contribution in [2.24, 2.45) is 0 Å². The van der Waals surface area contributed by atoms with Gasteiger partial charge in [0.15, 0.2) is 0 Å². The van der Waals surface area contributed by atoms with Gasteiger partial charge in [-0.2, -0.15) is 4.98 Å². The molecule has 0 aromatic carbocycles. The molecule has 1 saturated carbocycles. The number of rotatable bonds is 6. The summed E-state index contributed by atoms with van der Waals surface area (Å²) in [7, 11) is -1.61. The summed E-state index contributed by atoms with van der Waals surface area (Å²) in [6, 6.07) is 0.00573. The molecule has 1 aromatic heterocycles. The number of methoxy groups -OCH3 is 1. The Morgan fingerprint density at radius 1 is 1.24 bits per heavy atom. The van der Waals surface area contributed by atoms with Gasteiger partial charge in [-0.1, -0.05) is 0 Å². The maximum atomic E-state index is 11.5. The minimum atomic E-state index is -3.13. The van der Waals surface area contributed by atoms with Crippen molar-refractivity contribution in [3.05, 3.63) is 12.4 Å². The average Bonchev–Trinajstić information content (AvgIpc) is 2.49. The van der Waals surface area contributed by atoms with Crippen LogP contribution in [-0.4, -0.2) is 43.4 Å². The molecule has 1 N–H and O–H groups in total. The standard InChI is InChI=1S/C13H21N3O4S/c1-3-21(17,18)16-10-4-6-11(7-5-10)20-13-9-14-8-12(15-13)19-2/h8-11,16H,3-7H2,1-2H3. The summed E-state index contributed by atoms with van der Waals surface area (Å²) in [5.74, 6) is 0.965. The Labute approximate surface area is 125 Å². The van der Waals surface area contributed by atoms with E-state index in [1.807, 2.05) is 0 Å². The average molecular weight is 315 g/mol. The second kappa shape index (κ2) is 7.04. The van der Waals surface area contributed by atoms with Crippen molar-refractivity contribution in [1.29, 1.82) is 0 Å². The van der Waals surface area contributed by atoms with E-state index in [-0.39, 0.29) is 17.9 Å². The molecule has 118 valence electrons. The van der Waals surface area contributed by atoms with Crippen molar-refractivity contribution in [2.45, 2.75) is 44.8 Å². The lowest BCUT2D eigenvalue weighted by atomic mass is 9.94. The molecule has 2 rings (SSSR count). The molecule has 21 heavy (non-hydrogen) atoms. The van der Waals surface area contributed by atoms with Crippen LogP contribution in [0.2, 0.25) is 0 Å². The number of hydrogen-bond donors (Lipinski definition) is 1. The fraction of sp³-hybridized carbons (Fsp3) is 0.692. The Kier molecular flexibility index (Phi) is 5.35. The first-order valence-electron chi connectivity index (χ1n) is 7.05. The molecule has 0 radical (unpaired) electrons. The lowest BCUT2D eigenvalue weighted by Crippen LogP contribution is -2.40. The lowest BCUT2D eigenvalue weighted by Gasteiger charge is -2.28. The monoisotopic (exact) mass is 315 g/mol. The van der Waals surface area contributed by atoms with Crippen LogP contribution >= 0.6 is 0 Å². The first-order valence-corrected chi connectivity index (χ1v) is 8.70. The summed E-state index contributed by atoms with van der Waals surface area (Å²) in [4.78, 5) is 8.15. The van der Waals surface area contributed by atoms with Crippen LogP contribution in [-0.2, 0) is 10.0 Å². The summed E-state index contributed by atoms with van der Waals surface area (Å²) >= 11 is 0. The molecule has 1 aliphatic rings. The first-order chi connectivity index (χ1) is 10.0. The van der Waals surface area contributed by atoms with Crippen molar-refractivity contribution < 1.29 is 17.9 Å². The van der Waals surface area contributed by atoms with Gasteiger partial charge >= 0.3 is 0 Å². The Hall–Kier alpha value is -1.41. The minimum Gasteiger partial charge on any atom is -0.480 e. The molecule has 0 saturated heterocycles. The van der Waals surface area contributed by atoms with E-state index in [0.717, 1.165) is 25.7 Å². The predicted molar refractivity (Wildman–Crippen MR) is 77.9 cm³/mol. The van der Waals surface area contributed by atoms with E-state index in [9.17, 15) is 8.42 Å². The number of ether oxygens (including phenoxy) is 2. The van der Waals surface area contributed by atoms with Gasteiger partial charge in [0.2, 0.25) is 21.8 Å². The normalized spacial score (nSPS) is 22.8. The third-order valence-electron chi connectivity index (χ3n) is 3.49. The van der Waals surface area contributed by atoms with Gasteiger partial charge in [-0.3, -0.25) is 4.98 Å². The van der Waals surface area contributed by atoms with Gasteiger partial charge in [0.05, 0.1) is 25.3 Å². The minimum absolute atomic E-state index is 0.00573. The van der Waals surface area contributed by atoms with Gasteiger partial charge < -0.3 is 9.47 Å². The maximum absolute atomic E-state index is 11.5. The Morgan fingerprint density at radius 3 is 2.52 bits per heavy atom. The quantitative estimate of drug-likeness (QED) is 0.846. The summed E-state index contributed by atoms with van der Waals surface area (Å²) in [5, 5.41) is 0. The fourth-order valence-electron chi connectivity index (χ4n) is 2.29. The summed E-state index contributed by atoms with van der Waals surface area (Å²) in [5.41, 5.74) is 0. The van der Waals surface area contributed by atoms with Crippen molar-refractivity contribution in [3.63, 3.8) is 0 Å². The number of nitrogens with one attached hydrogen (secondary N) is 1. The highest BCUT2D eigenvalue weighted by atomic mass is 32.2. The van der Waals surface area contributed by atoms with Gasteiger partial charge in [-0.05, 0) is 32.6 Å². The molecule has 0 amide bonds. The molecule has 1 heterocycles. The fourth-order valence-corrected chi connectivity index (χ4v) is 3.20. The lowest BCUT2D eigenvalue weighted by molar-refractivity contribution is 0.136. The zero-order chi connectivity index (χ0) is 15.3. The van der Waals surface area contributed by atoms with E-state index in [4.69, 9.17) is 9.47 Å². The van der Waals surface area contributed by atoms with Gasteiger partial charge in [0.25, 0.3) is 0 Å². The second-order valence-electron chi connectivity index (χ2n) is 5.01. The summed E-state index contributed by atoms with van der Waals surface area (Å²) in [6.07, 6.45) is 6.21. The molecule has 1 fully saturated rings. The third kappa shape index (κ3) is 4.82. The van der Waals surface area contributed by atoms with E-state index in [1.165, 1.54) is 13.3 Å². The highest BCUT2D eigenvalue weighted by Gasteiger charge is 2.25. The molecule has 0 unspecified atom stereocenters. The van der Waals surface area contributed by atoms with Crippen molar-refractivity contribution in [3.8, 4) is 11.8 Å². The second-order valence-corrected chi connectivity index (χ2v) is 7.05. The van der Waals surface area contributed by atoms with Gasteiger partial charge in [-0.25, -0.2) is 13.1 Å². The van der Waals surface area contributed by atoms with E-state index < -0.39 is 10.0 Å². The van der Waals surface area contributed by atoms with Crippen LogP contribution in [0.1, 0.15) is 32.6 Å². The highest BCUT2D eigenvalue weighted by Crippen LogP contribution is 2.23. The van der Waals surface area contributed by atoms with Crippen LogP contribution in [0.4, 0.5) is 0 Å². The van der Waals surface area contributed by atoms with Gasteiger partial charge in [0.1, 0.15) is 6.10 Å². The highest BCUT2D eigenvalue weighted by molar-refractivity contribution is 7.89. The summed E-state index contributed by atoms with van der Waals surface area (Å²) < 4.78 is 36.6. The number of aromatic nitrogens is 2. The van der Waals surface area contributed by atoms with Crippen LogP contribution in [0.25, 0.3) is 0 Å². The van der Waals surface area contributed by atoms with Crippen LogP contribution in [0.5, 0.6) is 11.8 Å². The molecule has 1 aliphatic carbocycles. The number of nitrogens with zero attached hydrogens (tertiary/aromatic N) is 2. The molecule has 8 heteroatoms. The van der Waals surface area contributed by atoms with E-state index in [2.05, 4.69) is 14.7 Å². The third-order valence-corrected chi connectivity index (χ3v) is 4.94. The van der Waals surface area contributed by atoms with Crippen molar-refractivity contribution >= 4 is 10.0 Å². The van der Waals surface area contributed by atoms with Gasteiger partial charge in [0, 0.05) is 6.04 Å². The van der Waals surface area contributed by atoms with Crippen LogP contribution in [0, 0.1) is 0 Å². The smallest absolute Gasteiger partial charge is 0.235 e. The Balaban J connectivity index is 1.84. The molecular formula is C13H21N3O4S. The molecule has 7 nitrogen and oxygen atoms in total. The van der Waals surface area contributed by atoms with Crippen LogP contribution in [0.3, 0.4) is 0 Å². The molecule has 0 spiro atoms. The maximum Gasteiger partial charge on any atom is 0.235 e. The number of sulfonamides is 1. The van der Waals surface area contributed by atoms with Crippen molar-refractivity contribution in [2.75, 3.05) is 12.9 Å². The summed E-state index contributed by atoms with van der Waals surface area (Å²) in [6.45, 7) is 1.64. The van der Waals surface area contributed by atoms with E-state index in [0.29, 0.717) is 11.8 Å². The van der Waals surface area contributed by atoms with E-state index in [1.54, 1.807) is 13.1 Å². The van der Waals surface area contributed by atoms with Crippen LogP contribution < -0.4 is 14.2 Å². The van der Waals surface area contributed by atoms with Crippen LogP contribution in [0.15, 0.2) is 12.4 Å². The molecular weight excluding hydrogens is 294 g/mol. The molecule has 1 aromatic rings.